The zero-order valence-corrected chi connectivity index (χ0v) is 8.98. The molecule has 0 radical (unpaired) electrons. The fourth-order valence-electron chi connectivity index (χ4n) is 1.69. The molecule has 5 nitrogen and oxygen atoms in total. The Morgan fingerprint density at radius 3 is 2.80 bits per heavy atom. The molecule has 15 heavy (non-hydrogen) atoms. The summed E-state index contributed by atoms with van der Waals surface area (Å²) in [6.07, 6.45) is 1.74. The van der Waals surface area contributed by atoms with Gasteiger partial charge in [-0.1, -0.05) is 0 Å². The molecule has 0 aliphatic carbocycles. The van der Waals surface area contributed by atoms with Crippen molar-refractivity contribution in [3.05, 3.63) is 0 Å². The van der Waals surface area contributed by atoms with Crippen LogP contribution in [0.15, 0.2) is 0 Å². The first kappa shape index (κ1) is 12.4. The summed E-state index contributed by atoms with van der Waals surface area (Å²) in [6, 6.07) is 0. The van der Waals surface area contributed by atoms with Crippen molar-refractivity contribution in [1.82, 2.24) is 10.2 Å². The van der Waals surface area contributed by atoms with Crippen LogP contribution in [-0.2, 0) is 4.79 Å². The molecule has 0 spiro atoms. The van der Waals surface area contributed by atoms with E-state index in [9.17, 15) is 4.79 Å². The zero-order valence-electron chi connectivity index (χ0n) is 8.98. The Morgan fingerprint density at radius 1 is 1.40 bits per heavy atom. The van der Waals surface area contributed by atoms with Crippen molar-refractivity contribution < 1.29 is 15.0 Å². The Morgan fingerprint density at radius 2 is 2.20 bits per heavy atom. The van der Waals surface area contributed by atoms with E-state index in [2.05, 4.69) is 5.32 Å². The summed E-state index contributed by atoms with van der Waals surface area (Å²) in [5.74, 6) is 0.265. The smallest absolute Gasteiger partial charge is 0.222 e. The van der Waals surface area contributed by atoms with E-state index in [-0.39, 0.29) is 5.91 Å². The second-order valence-corrected chi connectivity index (χ2v) is 3.86. The third-order valence-corrected chi connectivity index (χ3v) is 2.53. The van der Waals surface area contributed by atoms with Gasteiger partial charge in [-0.25, -0.2) is 0 Å². The van der Waals surface area contributed by atoms with E-state index in [0.717, 1.165) is 32.5 Å². The van der Waals surface area contributed by atoms with Crippen LogP contribution in [0.25, 0.3) is 0 Å². The van der Waals surface area contributed by atoms with Crippen LogP contribution in [0, 0.1) is 0 Å². The third-order valence-electron chi connectivity index (χ3n) is 2.53. The van der Waals surface area contributed by atoms with E-state index in [1.807, 2.05) is 4.90 Å². The summed E-state index contributed by atoms with van der Waals surface area (Å²) in [5.41, 5.74) is 0. The third kappa shape index (κ3) is 5.11. The van der Waals surface area contributed by atoms with Crippen LogP contribution in [0.4, 0.5) is 0 Å². The number of carbonyl (C=O) groups excluding carboxylic acids is 1. The lowest BCUT2D eigenvalue weighted by Crippen LogP contribution is -2.29. The summed E-state index contributed by atoms with van der Waals surface area (Å²) < 4.78 is 0. The van der Waals surface area contributed by atoms with E-state index < -0.39 is 6.29 Å². The fourth-order valence-corrected chi connectivity index (χ4v) is 1.69. The summed E-state index contributed by atoms with van der Waals surface area (Å²) in [7, 11) is 0. The number of nitrogens with one attached hydrogen (secondary N) is 1. The van der Waals surface area contributed by atoms with E-state index in [4.69, 9.17) is 10.2 Å². The standard InChI is InChI=1S/C10H20N2O3/c13-9-3-1-7-12(9)8-2-5-11-6-4-10(14)15/h10-11,14-15H,1-8H2. The minimum Gasteiger partial charge on any atom is -0.368 e. The number of aliphatic hydroxyl groups excluding tert-OH is 1. The lowest BCUT2D eigenvalue weighted by atomic mass is 10.3. The van der Waals surface area contributed by atoms with Crippen LogP contribution in [0.5, 0.6) is 0 Å². The molecule has 3 N–H and O–H groups in total. The quantitative estimate of drug-likeness (QED) is 0.388. The monoisotopic (exact) mass is 216 g/mol. The lowest BCUT2D eigenvalue weighted by Gasteiger charge is -2.15. The molecule has 0 aromatic carbocycles. The Bertz CT molecular complexity index is 197. The van der Waals surface area contributed by atoms with Gasteiger partial charge in [-0.05, 0) is 25.9 Å². The maximum Gasteiger partial charge on any atom is 0.222 e. The summed E-state index contributed by atoms with van der Waals surface area (Å²) in [6.45, 7) is 3.13. The summed E-state index contributed by atoms with van der Waals surface area (Å²) >= 11 is 0. The van der Waals surface area contributed by atoms with Gasteiger partial charge in [0.05, 0.1) is 0 Å². The van der Waals surface area contributed by atoms with Crippen molar-refractivity contribution in [3.8, 4) is 0 Å². The van der Waals surface area contributed by atoms with E-state index in [1.165, 1.54) is 0 Å². The molecule has 1 heterocycles. The maximum absolute atomic E-state index is 11.2. The Kier molecular flexibility index (Phi) is 5.60. The number of hydrogen-bond acceptors (Lipinski definition) is 4. The number of aliphatic hydroxyl groups is 2. The molecule has 0 atom stereocenters. The minimum atomic E-state index is -1.22. The molecule has 0 aromatic rings. The zero-order chi connectivity index (χ0) is 11.1. The highest BCUT2D eigenvalue weighted by atomic mass is 16.5. The molecule has 1 aliphatic heterocycles. The topological polar surface area (TPSA) is 72.8 Å². The molecule has 88 valence electrons. The van der Waals surface area contributed by atoms with Crippen LogP contribution >= 0.6 is 0 Å². The molecule has 1 aliphatic rings. The number of rotatable bonds is 7. The predicted molar refractivity (Wildman–Crippen MR) is 56.1 cm³/mol. The molecular weight excluding hydrogens is 196 g/mol. The van der Waals surface area contributed by atoms with Gasteiger partial charge in [-0.15, -0.1) is 0 Å². The molecule has 1 amide bonds. The Labute approximate surface area is 90.1 Å². The highest BCUT2D eigenvalue weighted by Crippen LogP contribution is 2.09. The molecule has 0 unspecified atom stereocenters. The van der Waals surface area contributed by atoms with Crippen molar-refractivity contribution in [3.63, 3.8) is 0 Å². The van der Waals surface area contributed by atoms with Crippen molar-refractivity contribution in [1.29, 1.82) is 0 Å². The van der Waals surface area contributed by atoms with Gasteiger partial charge in [-0.3, -0.25) is 4.79 Å². The highest BCUT2D eigenvalue weighted by molar-refractivity contribution is 5.77. The number of amides is 1. The fraction of sp³-hybridized carbons (Fsp3) is 0.900. The normalized spacial score (nSPS) is 16.7. The number of likely N-dealkylation sites (tertiary alicyclic amines) is 1. The molecule has 5 heteroatoms. The van der Waals surface area contributed by atoms with Crippen molar-refractivity contribution >= 4 is 5.91 Å². The van der Waals surface area contributed by atoms with Crippen LogP contribution in [0.2, 0.25) is 0 Å². The van der Waals surface area contributed by atoms with Crippen molar-refractivity contribution in [2.45, 2.75) is 32.0 Å². The van der Waals surface area contributed by atoms with Gasteiger partial charge >= 0.3 is 0 Å². The van der Waals surface area contributed by atoms with Crippen LogP contribution in [0.3, 0.4) is 0 Å². The maximum atomic E-state index is 11.2. The molecule has 0 bridgehead atoms. The van der Waals surface area contributed by atoms with Gasteiger partial charge in [0.1, 0.15) is 0 Å². The second kappa shape index (κ2) is 6.76. The minimum absolute atomic E-state index is 0.265. The van der Waals surface area contributed by atoms with E-state index in [0.29, 0.717) is 19.4 Å². The molecule has 0 aromatic heterocycles. The van der Waals surface area contributed by atoms with E-state index in [1.54, 1.807) is 0 Å². The molecule has 1 saturated heterocycles. The van der Waals surface area contributed by atoms with Gasteiger partial charge in [0, 0.05) is 25.9 Å². The van der Waals surface area contributed by atoms with Crippen LogP contribution in [-0.4, -0.2) is 53.5 Å². The average molecular weight is 216 g/mol. The summed E-state index contributed by atoms with van der Waals surface area (Å²) in [5, 5.41) is 20.3. The average Bonchev–Trinajstić information content (AvgIpc) is 2.57. The van der Waals surface area contributed by atoms with Gasteiger partial charge in [0.25, 0.3) is 0 Å². The second-order valence-electron chi connectivity index (χ2n) is 3.86. The van der Waals surface area contributed by atoms with Crippen LogP contribution < -0.4 is 5.32 Å². The lowest BCUT2D eigenvalue weighted by molar-refractivity contribution is -0.127. The van der Waals surface area contributed by atoms with Crippen LogP contribution in [0.1, 0.15) is 25.7 Å². The molecular formula is C10H20N2O3. The summed E-state index contributed by atoms with van der Waals surface area (Å²) in [4.78, 5) is 13.1. The molecule has 1 rings (SSSR count). The first-order valence-corrected chi connectivity index (χ1v) is 5.55. The van der Waals surface area contributed by atoms with Gasteiger partial charge in [0.15, 0.2) is 6.29 Å². The Balaban J connectivity index is 1.90. The predicted octanol–water partition coefficient (Wildman–Crippen LogP) is -0.711. The van der Waals surface area contributed by atoms with Gasteiger partial charge in [-0.2, -0.15) is 0 Å². The van der Waals surface area contributed by atoms with Crippen molar-refractivity contribution in [2.75, 3.05) is 26.2 Å². The SMILES string of the molecule is O=C1CCCN1CCCNCCC(O)O. The van der Waals surface area contributed by atoms with Gasteiger partial charge < -0.3 is 20.4 Å². The first-order chi connectivity index (χ1) is 7.20. The van der Waals surface area contributed by atoms with E-state index >= 15 is 0 Å². The number of nitrogens with zero attached hydrogens (tertiary/aromatic N) is 1. The van der Waals surface area contributed by atoms with Crippen molar-refractivity contribution in [2.24, 2.45) is 0 Å². The highest BCUT2D eigenvalue weighted by Gasteiger charge is 2.18. The molecule has 1 fully saturated rings. The first-order valence-electron chi connectivity index (χ1n) is 5.55. The van der Waals surface area contributed by atoms with Gasteiger partial charge in [0.2, 0.25) is 5.91 Å². The largest absolute Gasteiger partial charge is 0.368 e. The number of carbonyl (C=O) groups is 1. The molecule has 0 saturated carbocycles. The Hall–Kier alpha value is -0.650. The number of hydrogen-bond donors (Lipinski definition) is 3.